The van der Waals surface area contributed by atoms with E-state index in [2.05, 4.69) is 11.9 Å². The van der Waals surface area contributed by atoms with E-state index in [0.29, 0.717) is 17.8 Å². The van der Waals surface area contributed by atoms with Crippen LogP contribution in [0.25, 0.3) is 0 Å². The number of rotatable bonds is 4. The first-order chi connectivity index (χ1) is 7.91. The molecule has 0 aromatic heterocycles. The second kappa shape index (κ2) is 5.39. The van der Waals surface area contributed by atoms with Gasteiger partial charge in [-0.3, -0.25) is 4.79 Å². The van der Waals surface area contributed by atoms with Crippen molar-refractivity contribution >= 4 is 17.3 Å². The standard InChI is InChI=1S/C13H19N3O/c1-9(2)8-15-13(17)10-5-6-12(16(3)4)11(14)7-10/h5-7H,1,8,14H2,2-4H3,(H,15,17). The van der Waals surface area contributed by atoms with E-state index in [1.54, 1.807) is 12.1 Å². The van der Waals surface area contributed by atoms with Crippen LogP contribution in [0.3, 0.4) is 0 Å². The average molecular weight is 233 g/mol. The Balaban J connectivity index is 2.83. The second-order valence-electron chi connectivity index (χ2n) is 4.31. The van der Waals surface area contributed by atoms with Gasteiger partial charge in [0.05, 0.1) is 11.4 Å². The van der Waals surface area contributed by atoms with Crippen LogP contribution in [-0.4, -0.2) is 26.5 Å². The van der Waals surface area contributed by atoms with E-state index in [1.165, 1.54) is 0 Å². The molecule has 0 atom stereocenters. The molecule has 4 heteroatoms. The smallest absolute Gasteiger partial charge is 0.251 e. The van der Waals surface area contributed by atoms with Gasteiger partial charge in [-0.05, 0) is 25.1 Å². The average Bonchev–Trinajstić information content (AvgIpc) is 2.25. The Kier molecular flexibility index (Phi) is 4.15. The number of nitrogens with zero attached hydrogens (tertiary/aromatic N) is 1. The number of carbonyl (C=O) groups excluding carboxylic acids is 1. The maximum atomic E-state index is 11.8. The summed E-state index contributed by atoms with van der Waals surface area (Å²) in [5.74, 6) is -0.134. The summed E-state index contributed by atoms with van der Waals surface area (Å²) < 4.78 is 0. The summed E-state index contributed by atoms with van der Waals surface area (Å²) in [5, 5.41) is 2.77. The Bertz CT molecular complexity index is 438. The van der Waals surface area contributed by atoms with Gasteiger partial charge < -0.3 is 16.0 Å². The lowest BCUT2D eigenvalue weighted by atomic mass is 10.1. The predicted molar refractivity (Wildman–Crippen MR) is 72.3 cm³/mol. The van der Waals surface area contributed by atoms with Gasteiger partial charge in [0.2, 0.25) is 0 Å². The molecular weight excluding hydrogens is 214 g/mol. The van der Waals surface area contributed by atoms with Crippen LogP contribution in [-0.2, 0) is 0 Å². The Hall–Kier alpha value is -1.97. The van der Waals surface area contributed by atoms with Crippen molar-refractivity contribution in [2.24, 2.45) is 0 Å². The minimum absolute atomic E-state index is 0.134. The van der Waals surface area contributed by atoms with Gasteiger partial charge in [-0.1, -0.05) is 12.2 Å². The number of nitrogens with one attached hydrogen (secondary N) is 1. The van der Waals surface area contributed by atoms with E-state index >= 15 is 0 Å². The summed E-state index contributed by atoms with van der Waals surface area (Å²) in [6.45, 7) is 6.07. The van der Waals surface area contributed by atoms with Crippen LogP contribution in [0.2, 0.25) is 0 Å². The molecule has 1 aromatic rings. The Morgan fingerprint density at radius 2 is 2.12 bits per heavy atom. The molecule has 1 rings (SSSR count). The number of carbonyl (C=O) groups is 1. The highest BCUT2D eigenvalue weighted by Crippen LogP contribution is 2.22. The van der Waals surface area contributed by atoms with Gasteiger partial charge in [-0.15, -0.1) is 0 Å². The van der Waals surface area contributed by atoms with Crippen LogP contribution < -0.4 is 16.0 Å². The minimum Gasteiger partial charge on any atom is -0.397 e. The highest BCUT2D eigenvalue weighted by atomic mass is 16.1. The van der Waals surface area contributed by atoms with Crippen LogP contribution in [0.5, 0.6) is 0 Å². The minimum atomic E-state index is -0.134. The fraction of sp³-hybridized carbons (Fsp3) is 0.308. The molecule has 0 radical (unpaired) electrons. The summed E-state index contributed by atoms with van der Waals surface area (Å²) in [7, 11) is 3.82. The van der Waals surface area contributed by atoms with E-state index in [9.17, 15) is 4.79 Å². The van der Waals surface area contributed by atoms with E-state index in [0.717, 1.165) is 11.3 Å². The van der Waals surface area contributed by atoms with Crippen LogP contribution in [0, 0.1) is 0 Å². The van der Waals surface area contributed by atoms with Gasteiger partial charge in [-0.2, -0.15) is 0 Å². The molecule has 0 aliphatic rings. The van der Waals surface area contributed by atoms with E-state index < -0.39 is 0 Å². The molecule has 0 unspecified atom stereocenters. The third-order valence-electron chi connectivity index (χ3n) is 2.32. The molecule has 17 heavy (non-hydrogen) atoms. The summed E-state index contributed by atoms with van der Waals surface area (Å²) in [5.41, 5.74) is 8.85. The van der Waals surface area contributed by atoms with Crippen molar-refractivity contribution < 1.29 is 4.79 Å². The molecule has 0 saturated heterocycles. The molecule has 3 N–H and O–H groups in total. The molecule has 0 saturated carbocycles. The summed E-state index contributed by atoms with van der Waals surface area (Å²) in [4.78, 5) is 13.7. The molecular formula is C13H19N3O. The van der Waals surface area contributed by atoms with Crippen LogP contribution in [0.15, 0.2) is 30.4 Å². The van der Waals surface area contributed by atoms with Crippen molar-refractivity contribution in [1.82, 2.24) is 5.32 Å². The molecule has 1 aromatic carbocycles. The quantitative estimate of drug-likeness (QED) is 0.614. The zero-order valence-corrected chi connectivity index (χ0v) is 10.6. The molecule has 0 fully saturated rings. The fourth-order valence-corrected chi connectivity index (χ4v) is 1.44. The fourth-order valence-electron chi connectivity index (χ4n) is 1.44. The lowest BCUT2D eigenvalue weighted by molar-refractivity contribution is 0.0957. The largest absolute Gasteiger partial charge is 0.397 e. The third-order valence-corrected chi connectivity index (χ3v) is 2.32. The maximum absolute atomic E-state index is 11.8. The van der Waals surface area contributed by atoms with Crippen LogP contribution in [0.1, 0.15) is 17.3 Å². The van der Waals surface area contributed by atoms with Gasteiger partial charge in [0, 0.05) is 26.2 Å². The lowest BCUT2D eigenvalue weighted by Crippen LogP contribution is -2.25. The molecule has 92 valence electrons. The molecule has 4 nitrogen and oxygen atoms in total. The van der Waals surface area contributed by atoms with Crippen molar-refractivity contribution in [3.63, 3.8) is 0 Å². The molecule has 0 spiro atoms. The predicted octanol–water partition coefficient (Wildman–Crippen LogP) is 1.64. The first-order valence-corrected chi connectivity index (χ1v) is 5.41. The second-order valence-corrected chi connectivity index (χ2v) is 4.31. The number of anilines is 2. The first-order valence-electron chi connectivity index (χ1n) is 5.41. The monoisotopic (exact) mass is 233 g/mol. The topological polar surface area (TPSA) is 58.4 Å². The summed E-state index contributed by atoms with van der Waals surface area (Å²) >= 11 is 0. The third kappa shape index (κ3) is 3.52. The number of hydrogen-bond donors (Lipinski definition) is 2. The normalized spacial score (nSPS) is 9.82. The zero-order chi connectivity index (χ0) is 13.0. The van der Waals surface area contributed by atoms with E-state index in [4.69, 9.17) is 5.73 Å². The molecule has 1 amide bonds. The van der Waals surface area contributed by atoms with Crippen molar-refractivity contribution in [3.8, 4) is 0 Å². The van der Waals surface area contributed by atoms with Crippen molar-refractivity contribution in [1.29, 1.82) is 0 Å². The number of nitrogens with two attached hydrogens (primary N) is 1. The van der Waals surface area contributed by atoms with Crippen molar-refractivity contribution in [3.05, 3.63) is 35.9 Å². The summed E-state index contributed by atoms with van der Waals surface area (Å²) in [6.07, 6.45) is 0. The van der Waals surface area contributed by atoms with Gasteiger partial charge >= 0.3 is 0 Å². The van der Waals surface area contributed by atoms with Crippen molar-refractivity contribution in [2.75, 3.05) is 31.3 Å². The van der Waals surface area contributed by atoms with Gasteiger partial charge in [0.1, 0.15) is 0 Å². The van der Waals surface area contributed by atoms with Crippen molar-refractivity contribution in [2.45, 2.75) is 6.92 Å². The zero-order valence-electron chi connectivity index (χ0n) is 10.6. The van der Waals surface area contributed by atoms with Gasteiger partial charge in [0.15, 0.2) is 0 Å². The first kappa shape index (κ1) is 13.1. The number of nitrogen functional groups attached to an aromatic ring is 1. The highest BCUT2D eigenvalue weighted by Gasteiger charge is 2.08. The summed E-state index contributed by atoms with van der Waals surface area (Å²) in [6, 6.07) is 5.29. The van der Waals surface area contributed by atoms with Gasteiger partial charge in [0.25, 0.3) is 5.91 Å². The maximum Gasteiger partial charge on any atom is 0.251 e. The SMILES string of the molecule is C=C(C)CNC(=O)c1ccc(N(C)C)c(N)c1. The Morgan fingerprint density at radius 3 is 2.59 bits per heavy atom. The number of benzene rings is 1. The van der Waals surface area contributed by atoms with E-state index in [1.807, 2.05) is 32.0 Å². The van der Waals surface area contributed by atoms with Gasteiger partial charge in [-0.25, -0.2) is 0 Å². The Labute approximate surface area is 102 Å². The molecule has 0 aliphatic heterocycles. The number of hydrogen-bond acceptors (Lipinski definition) is 3. The number of amides is 1. The van der Waals surface area contributed by atoms with E-state index in [-0.39, 0.29) is 5.91 Å². The highest BCUT2D eigenvalue weighted by molar-refractivity contribution is 5.96. The molecule has 0 bridgehead atoms. The van der Waals surface area contributed by atoms with Crippen LogP contribution in [0.4, 0.5) is 11.4 Å². The Morgan fingerprint density at radius 1 is 1.47 bits per heavy atom. The molecule has 0 heterocycles. The lowest BCUT2D eigenvalue weighted by Gasteiger charge is -2.15. The molecule has 0 aliphatic carbocycles. The van der Waals surface area contributed by atoms with Crippen LogP contribution >= 0.6 is 0 Å².